The molecule has 0 N–H and O–H groups in total. The maximum Gasteiger partial charge on any atom is 0.338 e. The molecule has 1 aliphatic heterocycles. The predicted molar refractivity (Wildman–Crippen MR) is 118 cm³/mol. The number of carbonyl (C=O) groups excluding carboxylic acids is 1. The number of rotatable bonds is 4. The molecule has 0 saturated carbocycles. The number of hydrogen-bond donors (Lipinski definition) is 0. The van der Waals surface area contributed by atoms with Gasteiger partial charge in [-0.15, -0.1) is 0 Å². The Kier molecular flexibility index (Phi) is 5.69. The first-order valence-corrected chi connectivity index (χ1v) is 10.7. The zero-order valence-corrected chi connectivity index (χ0v) is 18.2. The van der Waals surface area contributed by atoms with Crippen molar-refractivity contribution in [1.29, 1.82) is 0 Å². The van der Waals surface area contributed by atoms with E-state index >= 15 is 0 Å². The number of benzene rings is 2. The van der Waals surface area contributed by atoms with Gasteiger partial charge in [0.25, 0.3) is 5.56 Å². The highest BCUT2D eigenvalue weighted by molar-refractivity contribution is 7.07. The molecule has 1 aliphatic rings. The summed E-state index contributed by atoms with van der Waals surface area (Å²) in [5.41, 5.74) is 3.02. The number of hydrogen-bond acceptors (Lipinski definition) is 5. The third-order valence-corrected chi connectivity index (χ3v) is 6.04. The van der Waals surface area contributed by atoms with Crippen molar-refractivity contribution in [3.05, 3.63) is 102 Å². The molecule has 3 aromatic rings. The van der Waals surface area contributed by atoms with Gasteiger partial charge in [-0.2, -0.15) is 0 Å². The van der Waals surface area contributed by atoms with Crippen LogP contribution in [0.4, 0.5) is 4.39 Å². The standard InChI is InChI=1S/C24H21FN2O3S/c1-4-30-23(29)20-15(3)26-24-27(21(20)17-10-8-14(2)9-11-17)22(28)19(31-24)13-16-6-5-7-18(25)12-16/h5-13,21H,4H2,1-3H3/b19-13-. The normalized spacial score (nSPS) is 16.1. The number of allylic oxidation sites excluding steroid dienone is 1. The predicted octanol–water partition coefficient (Wildman–Crippen LogP) is 3.25. The Morgan fingerprint density at radius 2 is 1.97 bits per heavy atom. The van der Waals surface area contributed by atoms with Crippen molar-refractivity contribution >= 4 is 23.4 Å². The first kappa shape index (κ1) is 20.9. The smallest absolute Gasteiger partial charge is 0.338 e. The molecular formula is C24H21FN2O3S. The lowest BCUT2D eigenvalue weighted by molar-refractivity contribution is -0.139. The van der Waals surface area contributed by atoms with Gasteiger partial charge < -0.3 is 4.74 Å². The molecule has 0 bridgehead atoms. The second-order valence-corrected chi connectivity index (χ2v) is 8.28. The number of ether oxygens (including phenoxy) is 1. The van der Waals surface area contributed by atoms with Crippen LogP contribution in [-0.4, -0.2) is 17.1 Å². The Labute approximate surface area is 182 Å². The van der Waals surface area contributed by atoms with Crippen LogP contribution in [0, 0.1) is 12.7 Å². The van der Waals surface area contributed by atoms with E-state index in [2.05, 4.69) is 4.99 Å². The molecule has 1 unspecified atom stereocenters. The summed E-state index contributed by atoms with van der Waals surface area (Å²) >= 11 is 1.21. The first-order chi connectivity index (χ1) is 14.9. The molecule has 4 rings (SSSR count). The summed E-state index contributed by atoms with van der Waals surface area (Å²) in [5.74, 6) is -0.867. The molecule has 31 heavy (non-hydrogen) atoms. The van der Waals surface area contributed by atoms with E-state index in [-0.39, 0.29) is 18.0 Å². The van der Waals surface area contributed by atoms with E-state index in [0.29, 0.717) is 26.2 Å². The maximum absolute atomic E-state index is 13.6. The molecule has 2 heterocycles. The number of carbonyl (C=O) groups is 1. The summed E-state index contributed by atoms with van der Waals surface area (Å²) in [5, 5.41) is 0. The molecule has 0 spiro atoms. The Hall–Kier alpha value is -3.32. The van der Waals surface area contributed by atoms with Gasteiger partial charge in [0.15, 0.2) is 4.80 Å². The number of aromatic nitrogens is 1. The van der Waals surface area contributed by atoms with E-state index < -0.39 is 12.0 Å². The number of aryl methyl sites for hydroxylation is 1. The average Bonchev–Trinajstić information content (AvgIpc) is 3.02. The van der Waals surface area contributed by atoms with Crippen molar-refractivity contribution in [3.63, 3.8) is 0 Å². The van der Waals surface area contributed by atoms with Crippen LogP contribution < -0.4 is 14.9 Å². The second-order valence-electron chi connectivity index (χ2n) is 7.27. The van der Waals surface area contributed by atoms with Crippen LogP contribution >= 0.6 is 11.3 Å². The van der Waals surface area contributed by atoms with E-state index in [0.717, 1.165) is 11.1 Å². The van der Waals surface area contributed by atoms with Crippen LogP contribution in [0.1, 0.15) is 36.6 Å². The largest absolute Gasteiger partial charge is 0.463 e. The minimum absolute atomic E-state index is 0.222. The molecule has 0 amide bonds. The minimum Gasteiger partial charge on any atom is -0.463 e. The number of esters is 1. The third-order valence-electron chi connectivity index (χ3n) is 5.06. The topological polar surface area (TPSA) is 60.7 Å². The molecule has 1 aromatic heterocycles. The Morgan fingerprint density at radius 3 is 2.65 bits per heavy atom. The van der Waals surface area contributed by atoms with Gasteiger partial charge >= 0.3 is 5.97 Å². The van der Waals surface area contributed by atoms with Gasteiger partial charge in [-0.25, -0.2) is 14.2 Å². The van der Waals surface area contributed by atoms with E-state index in [1.807, 2.05) is 31.2 Å². The van der Waals surface area contributed by atoms with Gasteiger partial charge in [0.1, 0.15) is 5.82 Å². The lowest BCUT2D eigenvalue weighted by Gasteiger charge is -2.24. The Bertz CT molecular complexity index is 1370. The number of fused-ring (bicyclic) bond motifs is 1. The summed E-state index contributed by atoms with van der Waals surface area (Å²) in [6, 6.07) is 13.1. The minimum atomic E-state index is -0.648. The van der Waals surface area contributed by atoms with E-state index in [1.54, 1.807) is 32.1 Å². The quantitative estimate of drug-likeness (QED) is 0.590. The van der Waals surface area contributed by atoms with Crippen LogP contribution in [0.15, 0.2) is 69.6 Å². The first-order valence-electron chi connectivity index (χ1n) is 9.91. The number of halogens is 1. The SMILES string of the molecule is CCOC(=O)C1=C(C)N=c2s/c(=C\c3cccc(F)c3)c(=O)n2C1c1ccc(C)cc1. The highest BCUT2D eigenvalue weighted by Crippen LogP contribution is 2.30. The van der Waals surface area contributed by atoms with Gasteiger partial charge in [-0.1, -0.05) is 53.3 Å². The highest BCUT2D eigenvalue weighted by Gasteiger charge is 2.33. The number of nitrogens with zero attached hydrogens (tertiary/aromatic N) is 2. The van der Waals surface area contributed by atoms with Gasteiger partial charge in [0.05, 0.1) is 28.5 Å². The molecule has 0 radical (unpaired) electrons. The molecule has 0 aliphatic carbocycles. The van der Waals surface area contributed by atoms with Gasteiger partial charge in [-0.05, 0) is 50.1 Å². The molecule has 5 nitrogen and oxygen atoms in total. The van der Waals surface area contributed by atoms with Gasteiger partial charge in [-0.3, -0.25) is 9.36 Å². The molecular weight excluding hydrogens is 415 g/mol. The van der Waals surface area contributed by atoms with E-state index in [1.165, 1.54) is 28.0 Å². The summed E-state index contributed by atoms with van der Waals surface area (Å²) in [4.78, 5) is 31.2. The van der Waals surface area contributed by atoms with Gasteiger partial charge in [0, 0.05) is 0 Å². The molecule has 0 fully saturated rings. The molecule has 2 aromatic carbocycles. The fourth-order valence-corrected chi connectivity index (χ4v) is 4.65. The highest BCUT2D eigenvalue weighted by atomic mass is 32.1. The third kappa shape index (κ3) is 4.01. The van der Waals surface area contributed by atoms with Crippen LogP contribution in [0.2, 0.25) is 0 Å². The van der Waals surface area contributed by atoms with Crippen LogP contribution in [0.3, 0.4) is 0 Å². The van der Waals surface area contributed by atoms with E-state index in [4.69, 9.17) is 4.74 Å². The second kappa shape index (κ2) is 8.43. The Balaban J connectivity index is 1.96. The van der Waals surface area contributed by atoms with Crippen molar-refractivity contribution in [2.75, 3.05) is 6.61 Å². The summed E-state index contributed by atoms with van der Waals surface area (Å²) in [6.45, 7) is 5.68. The van der Waals surface area contributed by atoms with Crippen molar-refractivity contribution in [1.82, 2.24) is 4.57 Å². The summed E-state index contributed by atoms with van der Waals surface area (Å²) < 4.78 is 20.8. The average molecular weight is 437 g/mol. The van der Waals surface area contributed by atoms with Crippen molar-refractivity contribution in [2.24, 2.45) is 4.99 Å². The van der Waals surface area contributed by atoms with E-state index in [9.17, 15) is 14.0 Å². The van der Waals surface area contributed by atoms with Crippen molar-refractivity contribution < 1.29 is 13.9 Å². The lowest BCUT2D eigenvalue weighted by Crippen LogP contribution is -2.39. The molecule has 7 heteroatoms. The molecule has 0 saturated heterocycles. The fourth-order valence-electron chi connectivity index (χ4n) is 3.60. The monoisotopic (exact) mass is 436 g/mol. The van der Waals surface area contributed by atoms with Crippen molar-refractivity contribution in [3.8, 4) is 0 Å². The lowest BCUT2D eigenvalue weighted by atomic mass is 9.95. The van der Waals surface area contributed by atoms with Crippen molar-refractivity contribution in [2.45, 2.75) is 26.8 Å². The Morgan fingerprint density at radius 1 is 1.23 bits per heavy atom. The molecule has 158 valence electrons. The fraction of sp³-hybridized carbons (Fsp3) is 0.208. The van der Waals surface area contributed by atoms with Crippen LogP contribution in [0.25, 0.3) is 6.08 Å². The zero-order chi connectivity index (χ0) is 22.1. The van der Waals surface area contributed by atoms with Crippen LogP contribution in [0.5, 0.6) is 0 Å². The zero-order valence-electron chi connectivity index (χ0n) is 17.4. The molecule has 1 atom stereocenters. The maximum atomic E-state index is 13.6. The summed E-state index contributed by atoms with van der Waals surface area (Å²) in [7, 11) is 0. The number of thiazole rings is 1. The van der Waals surface area contributed by atoms with Gasteiger partial charge in [0.2, 0.25) is 0 Å². The van der Waals surface area contributed by atoms with Crippen LogP contribution in [-0.2, 0) is 9.53 Å². The summed E-state index contributed by atoms with van der Waals surface area (Å²) in [6.07, 6.45) is 1.64.